The van der Waals surface area contributed by atoms with Gasteiger partial charge in [-0.25, -0.2) is 4.79 Å². The molecule has 0 amide bonds. The Morgan fingerprint density at radius 2 is 1.56 bits per heavy atom. The molecule has 0 spiro atoms. The van der Waals surface area contributed by atoms with E-state index >= 15 is 0 Å². The summed E-state index contributed by atoms with van der Waals surface area (Å²) >= 11 is -1.99. The molecule has 9 heteroatoms. The Balaban J connectivity index is 1.98. The fourth-order valence-corrected chi connectivity index (χ4v) is 4.10. The smallest absolute Gasteiger partial charge is 0.339 e. The maximum absolute atomic E-state index is 13.0. The lowest BCUT2D eigenvalue weighted by Crippen LogP contribution is -2.40. The molecule has 0 bridgehead atoms. The van der Waals surface area contributed by atoms with E-state index in [1.165, 1.54) is 10.8 Å². The van der Waals surface area contributed by atoms with Gasteiger partial charge in [0.15, 0.2) is 5.52 Å². The number of aryl methyl sites for hydroxylation is 1. The molecule has 0 aliphatic carbocycles. The Morgan fingerprint density at radius 3 is 2.12 bits per heavy atom. The minimum Gasteiger partial charge on any atom is -0.384 e. The van der Waals surface area contributed by atoms with Crippen LogP contribution in [0.15, 0.2) is 40.1 Å². The quantitative estimate of drug-likeness (QED) is 0.485. The van der Waals surface area contributed by atoms with Gasteiger partial charge in [-0.15, -0.1) is 5.10 Å². The van der Waals surface area contributed by atoms with Crippen molar-refractivity contribution < 1.29 is 8.39 Å². The predicted molar refractivity (Wildman–Crippen MR) is 127 cm³/mol. The van der Waals surface area contributed by atoms with E-state index in [1.807, 2.05) is 26.0 Å². The number of benzene rings is 1. The van der Waals surface area contributed by atoms with Crippen LogP contribution in [0.1, 0.15) is 65.9 Å². The zero-order valence-corrected chi connectivity index (χ0v) is 20.3. The molecular formula is C23H32N4O4S. The molecule has 1 atom stereocenters. The van der Waals surface area contributed by atoms with E-state index in [2.05, 4.69) is 25.9 Å². The minimum absolute atomic E-state index is 0.00276. The van der Waals surface area contributed by atoms with Crippen LogP contribution in [-0.4, -0.2) is 22.5 Å². The lowest BCUT2D eigenvalue weighted by atomic mass is 9.87. The Labute approximate surface area is 190 Å². The molecule has 3 aromatic rings. The van der Waals surface area contributed by atoms with Gasteiger partial charge in [-0.05, 0) is 36.0 Å². The first-order chi connectivity index (χ1) is 15.2. The lowest BCUT2D eigenvalue weighted by Gasteiger charge is -2.18. The number of aromatic nitrogens is 4. The van der Waals surface area contributed by atoms with E-state index in [0.717, 1.165) is 35.3 Å². The van der Waals surface area contributed by atoms with Crippen LogP contribution in [-0.2, 0) is 29.8 Å². The summed E-state index contributed by atoms with van der Waals surface area (Å²) < 4.78 is 22.3. The summed E-state index contributed by atoms with van der Waals surface area (Å²) in [6.07, 6.45) is 4.72. The third-order valence-electron chi connectivity index (χ3n) is 5.39. The van der Waals surface area contributed by atoms with E-state index in [4.69, 9.17) is 4.18 Å². The van der Waals surface area contributed by atoms with Crippen LogP contribution in [0.5, 0.6) is 5.75 Å². The topological polar surface area (TPSA) is 88.1 Å². The van der Waals surface area contributed by atoms with Crippen molar-refractivity contribution in [2.75, 3.05) is 0 Å². The van der Waals surface area contributed by atoms with Gasteiger partial charge >= 0.3 is 17.0 Å². The molecule has 0 aliphatic rings. The van der Waals surface area contributed by atoms with Crippen molar-refractivity contribution in [3.8, 4) is 5.75 Å². The maximum Gasteiger partial charge on any atom is 0.339 e. The molecule has 0 aliphatic heterocycles. The monoisotopic (exact) mass is 460 g/mol. The van der Waals surface area contributed by atoms with Crippen LogP contribution in [0, 0.1) is 0 Å². The SMILES string of the molecule is CCCCn1c(=O)c2nn(S(=O)Oc3ccc(C(C)(C)C)cc3)cc2n(CCCC)c1=O. The first kappa shape index (κ1) is 24.0. The molecule has 0 saturated carbocycles. The summed E-state index contributed by atoms with van der Waals surface area (Å²) in [4.78, 5) is 25.9. The molecule has 32 heavy (non-hydrogen) atoms. The minimum atomic E-state index is -1.99. The van der Waals surface area contributed by atoms with Crippen LogP contribution in [0.25, 0.3) is 11.0 Å². The molecule has 2 aromatic heterocycles. The Morgan fingerprint density at radius 1 is 0.969 bits per heavy atom. The average molecular weight is 461 g/mol. The second-order valence-corrected chi connectivity index (χ2v) is 9.91. The first-order valence-electron chi connectivity index (χ1n) is 11.1. The fraction of sp³-hybridized carbons (Fsp3) is 0.522. The highest BCUT2D eigenvalue weighted by Crippen LogP contribution is 2.24. The maximum atomic E-state index is 13.0. The Hall–Kier alpha value is -2.68. The van der Waals surface area contributed by atoms with Crippen molar-refractivity contribution in [1.82, 2.24) is 18.3 Å². The molecule has 1 unspecified atom stereocenters. The van der Waals surface area contributed by atoms with Gasteiger partial charge in [0.2, 0.25) is 0 Å². The first-order valence-corrected chi connectivity index (χ1v) is 12.1. The Kier molecular flexibility index (Phi) is 7.38. The molecule has 2 heterocycles. The lowest BCUT2D eigenvalue weighted by molar-refractivity contribution is 0.532. The number of fused-ring (bicyclic) bond motifs is 1. The van der Waals surface area contributed by atoms with Gasteiger partial charge in [-0.2, -0.15) is 8.30 Å². The Bertz CT molecular complexity index is 1220. The van der Waals surface area contributed by atoms with Gasteiger partial charge in [0.25, 0.3) is 5.56 Å². The van der Waals surface area contributed by atoms with E-state index in [0.29, 0.717) is 24.4 Å². The highest BCUT2D eigenvalue weighted by molar-refractivity contribution is 7.78. The predicted octanol–water partition coefficient (Wildman–Crippen LogP) is 3.76. The van der Waals surface area contributed by atoms with E-state index in [9.17, 15) is 13.8 Å². The molecule has 0 fully saturated rings. The largest absolute Gasteiger partial charge is 0.384 e. The van der Waals surface area contributed by atoms with Crippen molar-refractivity contribution in [1.29, 1.82) is 0 Å². The number of hydrogen-bond acceptors (Lipinski definition) is 5. The fourth-order valence-electron chi connectivity index (χ4n) is 3.41. The number of hydrogen-bond donors (Lipinski definition) is 0. The van der Waals surface area contributed by atoms with Crippen molar-refractivity contribution in [2.45, 2.75) is 78.8 Å². The molecule has 0 saturated heterocycles. The molecule has 0 N–H and O–H groups in total. The average Bonchev–Trinajstić information content (AvgIpc) is 3.19. The summed E-state index contributed by atoms with van der Waals surface area (Å²) in [5.74, 6) is 0.430. The van der Waals surface area contributed by atoms with Crippen molar-refractivity contribution in [3.63, 3.8) is 0 Å². The van der Waals surface area contributed by atoms with Gasteiger partial charge in [-0.3, -0.25) is 13.9 Å². The van der Waals surface area contributed by atoms with Gasteiger partial charge in [0, 0.05) is 13.1 Å². The van der Waals surface area contributed by atoms with Gasteiger partial charge in [-0.1, -0.05) is 59.6 Å². The van der Waals surface area contributed by atoms with E-state index in [1.54, 1.807) is 16.7 Å². The summed E-state index contributed by atoms with van der Waals surface area (Å²) in [7, 11) is 0. The molecule has 3 rings (SSSR count). The number of nitrogens with zero attached hydrogens (tertiary/aromatic N) is 4. The van der Waals surface area contributed by atoms with Crippen molar-refractivity contribution >= 4 is 22.3 Å². The standard InChI is InChI=1S/C23H32N4O4S/c1-6-8-14-25-19-16-27(24-20(19)21(28)26(22(25)29)15-9-7-2)32(30)31-18-12-10-17(11-13-18)23(3,4)5/h10-13,16H,6-9,14-15H2,1-5H3. The summed E-state index contributed by atoms with van der Waals surface area (Å²) in [5.41, 5.74) is 0.813. The number of unbranched alkanes of at least 4 members (excludes halogenated alkanes) is 2. The van der Waals surface area contributed by atoms with Crippen LogP contribution in [0.2, 0.25) is 0 Å². The van der Waals surface area contributed by atoms with Crippen LogP contribution < -0.4 is 15.4 Å². The van der Waals surface area contributed by atoms with E-state index < -0.39 is 16.8 Å². The normalized spacial score (nSPS) is 12.9. The summed E-state index contributed by atoms with van der Waals surface area (Å²) in [6, 6.07) is 7.38. The zero-order valence-electron chi connectivity index (χ0n) is 19.5. The highest BCUT2D eigenvalue weighted by Gasteiger charge is 2.19. The molecule has 8 nitrogen and oxygen atoms in total. The second kappa shape index (κ2) is 9.85. The molecule has 1 aromatic carbocycles. The summed E-state index contributed by atoms with van der Waals surface area (Å²) in [6.45, 7) is 11.2. The van der Waals surface area contributed by atoms with Crippen LogP contribution in [0.4, 0.5) is 0 Å². The van der Waals surface area contributed by atoms with Crippen LogP contribution in [0.3, 0.4) is 0 Å². The van der Waals surface area contributed by atoms with Crippen molar-refractivity contribution in [2.24, 2.45) is 0 Å². The van der Waals surface area contributed by atoms with Crippen LogP contribution >= 0.6 is 0 Å². The van der Waals surface area contributed by atoms with Gasteiger partial charge < -0.3 is 4.18 Å². The molecular weight excluding hydrogens is 428 g/mol. The van der Waals surface area contributed by atoms with Crippen molar-refractivity contribution in [3.05, 3.63) is 56.9 Å². The summed E-state index contributed by atoms with van der Waals surface area (Å²) in [5, 5.41) is 4.24. The zero-order chi connectivity index (χ0) is 23.5. The highest BCUT2D eigenvalue weighted by atomic mass is 32.2. The molecule has 0 radical (unpaired) electrons. The third kappa shape index (κ3) is 5.03. The number of rotatable bonds is 9. The van der Waals surface area contributed by atoms with E-state index in [-0.39, 0.29) is 16.6 Å². The second-order valence-electron chi connectivity index (χ2n) is 8.94. The third-order valence-corrected chi connectivity index (χ3v) is 6.21. The van der Waals surface area contributed by atoms with Gasteiger partial charge in [0.05, 0.1) is 11.7 Å². The molecule has 174 valence electrons. The van der Waals surface area contributed by atoms with Gasteiger partial charge in [0.1, 0.15) is 5.75 Å².